The fraction of sp³-hybridized carbons (Fsp3) is 0.462. The molecule has 0 aliphatic heterocycles. The first-order chi connectivity index (χ1) is 8.63. The minimum atomic E-state index is -0.183. The van der Waals surface area contributed by atoms with Gasteiger partial charge in [0.05, 0.1) is 6.10 Å². The summed E-state index contributed by atoms with van der Waals surface area (Å²) in [6.07, 6.45) is 1.37. The number of benzene rings is 1. The maximum absolute atomic E-state index is 11.5. The van der Waals surface area contributed by atoms with Crippen LogP contribution in [0.25, 0.3) is 0 Å². The van der Waals surface area contributed by atoms with Gasteiger partial charge >= 0.3 is 0 Å². The maximum atomic E-state index is 11.5. The standard InChI is InChI=1S/C13H16ClNO3/c14-10-1-3-12(4-2-10)18-8-13(17)15-7-9-5-11(16)6-9/h1-4,9,11,16H,5-8H2,(H,15,17). The molecular weight excluding hydrogens is 254 g/mol. The van der Waals surface area contributed by atoms with Gasteiger partial charge in [-0.15, -0.1) is 0 Å². The third-order valence-electron chi connectivity index (χ3n) is 2.98. The van der Waals surface area contributed by atoms with Crippen molar-refractivity contribution < 1.29 is 14.6 Å². The molecule has 1 aromatic carbocycles. The number of carbonyl (C=O) groups excluding carboxylic acids is 1. The summed E-state index contributed by atoms with van der Waals surface area (Å²) in [4.78, 5) is 11.5. The van der Waals surface area contributed by atoms with E-state index in [1.807, 2.05) is 0 Å². The van der Waals surface area contributed by atoms with Crippen molar-refractivity contribution in [3.63, 3.8) is 0 Å². The highest BCUT2D eigenvalue weighted by Gasteiger charge is 2.27. The molecule has 0 bridgehead atoms. The molecule has 1 saturated carbocycles. The lowest BCUT2D eigenvalue weighted by molar-refractivity contribution is -0.123. The number of amides is 1. The van der Waals surface area contributed by atoms with Crippen LogP contribution in [0.3, 0.4) is 0 Å². The van der Waals surface area contributed by atoms with E-state index in [9.17, 15) is 4.79 Å². The van der Waals surface area contributed by atoms with Crippen LogP contribution in [0.2, 0.25) is 5.02 Å². The number of aliphatic hydroxyl groups is 1. The fourth-order valence-corrected chi connectivity index (χ4v) is 1.98. The number of aliphatic hydroxyl groups excluding tert-OH is 1. The molecule has 0 spiro atoms. The van der Waals surface area contributed by atoms with Crippen molar-refractivity contribution in [2.24, 2.45) is 5.92 Å². The molecule has 4 nitrogen and oxygen atoms in total. The summed E-state index contributed by atoms with van der Waals surface area (Å²) in [5.41, 5.74) is 0. The molecule has 2 N–H and O–H groups in total. The fourth-order valence-electron chi connectivity index (χ4n) is 1.86. The summed E-state index contributed by atoms with van der Waals surface area (Å²) in [7, 11) is 0. The van der Waals surface area contributed by atoms with Gasteiger partial charge in [-0.1, -0.05) is 11.6 Å². The number of ether oxygens (including phenoxy) is 1. The third-order valence-corrected chi connectivity index (χ3v) is 3.23. The Bertz CT molecular complexity index is 401. The van der Waals surface area contributed by atoms with Crippen molar-refractivity contribution in [2.75, 3.05) is 13.2 Å². The first kappa shape index (κ1) is 13.2. The van der Waals surface area contributed by atoms with E-state index in [1.165, 1.54) is 0 Å². The first-order valence-electron chi connectivity index (χ1n) is 5.96. The molecule has 1 amide bonds. The minimum absolute atomic E-state index is 0.00307. The highest BCUT2D eigenvalue weighted by atomic mass is 35.5. The lowest BCUT2D eigenvalue weighted by Gasteiger charge is -2.31. The van der Waals surface area contributed by atoms with Crippen LogP contribution >= 0.6 is 11.6 Å². The summed E-state index contributed by atoms with van der Waals surface area (Å²) in [5, 5.41) is 12.5. The van der Waals surface area contributed by atoms with Crippen molar-refractivity contribution in [2.45, 2.75) is 18.9 Å². The van der Waals surface area contributed by atoms with Crippen LogP contribution in [0, 0.1) is 5.92 Å². The van der Waals surface area contributed by atoms with Gasteiger partial charge in [0, 0.05) is 11.6 Å². The second kappa shape index (κ2) is 6.07. The van der Waals surface area contributed by atoms with E-state index in [2.05, 4.69) is 5.32 Å². The lowest BCUT2D eigenvalue weighted by Crippen LogP contribution is -2.39. The van der Waals surface area contributed by atoms with Crippen LogP contribution in [0.4, 0.5) is 0 Å². The molecule has 0 saturated heterocycles. The smallest absolute Gasteiger partial charge is 0.257 e. The molecule has 1 aromatic rings. The second-order valence-electron chi connectivity index (χ2n) is 4.54. The normalized spacial score (nSPS) is 22.1. The number of carbonyl (C=O) groups is 1. The van der Waals surface area contributed by atoms with E-state index in [0.29, 0.717) is 23.2 Å². The third kappa shape index (κ3) is 3.89. The first-order valence-corrected chi connectivity index (χ1v) is 6.34. The average molecular weight is 270 g/mol. The van der Waals surface area contributed by atoms with E-state index in [1.54, 1.807) is 24.3 Å². The van der Waals surface area contributed by atoms with Crippen LogP contribution in [-0.2, 0) is 4.79 Å². The molecule has 98 valence electrons. The summed E-state index contributed by atoms with van der Waals surface area (Å²) in [6, 6.07) is 6.87. The van der Waals surface area contributed by atoms with Crippen molar-refractivity contribution in [3.05, 3.63) is 29.3 Å². The van der Waals surface area contributed by atoms with Gasteiger partial charge in [-0.25, -0.2) is 0 Å². The molecule has 0 radical (unpaired) electrons. The Balaban J connectivity index is 1.64. The van der Waals surface area contributed by atoms with Crippen LogP contribution in [-0.4, -0.2) is 30.3 Å². The highest BCUT2D eigenvalue weighted by Crippen LogP contribution is 2.26. The van der Waals surface area contributed by atoms with Crippen LogP contribution in [0.15, 0.2) is 24.3 Å². The average Bonchev–Trinajstić information content (AvgIpc) is 2.32. The molecule has 0 atom stereocenters. The van der Waals surface area contributed by atoms with Gasteiger partial charge < -0.3 is 15.2 Å². The van der Waals surface area contributed by atoms with Crippen molar-refractivity contribution in [1.82, 2.24) is 5.32 Å². The van der Waals surface area contributed by atoms with E-state index in [4.69, 9.17) is 21.4 Å². The summed E-state index contributed by atoms with van der Waals surface area (Å²) in [6.45, 7) is 0.608. The van der Waals surface area contributed by atoms with E-state index in [0.717, 1.165) is 12.8 Å². The Morgan fingerprint density at radius 3 is 2.67 bits per heavy atom. The van der Waals surface area contributed by atoms with Gasteiger partial charge in [0.1, 0.15) is 5.75 Å². The summed E-state index contributed by atoms with van der Waals surface area (Å²) >= 11 is 5.74. The number of hydrogen-bond acceptors (Lipinski definition) is 3. The molecular formula is C13H16ClNO3. The Morgan fingerprint density at radius 1 is 1.39 bits per heavy atom. The number of rotatable bonds is 5. The summed E-state index contributed by atoms with van der Waals surface area (Å²) < 4.78 is 5.31. The molecule has 1 aliphatic carbocycles. The highest BCUT2D eigenvalue weighted by molar-refractivity contribution is 6.30. The van der Waals surface area contributed by atoms with Crippen molar-refractivity contribution in [3.8, 4) is 5.75 Å². The molecule has 0 heterocycles. The predicted octanol–water partition coefficient (Wildman–Crippen LogP) is 1.61. The van der Waals surface area contributed by atoms with Crippen molar-refractivity contribution >= 4 is 17.5 Å². The Morgan fingerprint density at radius 2 is 2.06 bits per heavy atom. The molecule has 5 heteroatoms. The number of nitrogens with one attached hydrogen (secondary N) is 1. The van der Waals surface area contributed by atoms with Crippen LogP contribution < -0.4 is 10.1 Å². The van der Waals surface area contributed by atoms with Gasteiger partial charge in [-0.05, 0) is 43.0 Å². The van der Waals surface area contributed by atoms with Gasteiger partial charge in [-0.2, -0.15) is 0 Å². The number of halogens is 1. The van der Waals surface area contributed by atoms with Gasteiger partial charge in [-0.3, -0.25) is 4.79 Å². The van der Waals surface area contributed by atoms with Crippen molar-refractivity contribution in [1.29, 1.82) is 0 Å². The van der Waals surface area contributed by atoms with Gasteiger partial charge in [0.2, 0.25) is 0 Å². The second-order valence-corrected chi connectivity index (χ2v) is 4.97. The lowest BCUT2D eigenvalue weighted by atomic mass is 9.82. The van der Waals surface area contributed by atoms with Crippen LogP contribution in [0.1, 0.15) is 12.8 Å². The predicted molar refractivity (Wildman–Crippen MR) is 68.7 cm³/mol. The topological polar surface area (TPSA) is 58.6 Å². The molecule has 2 rings (SSSR count). The molecule has 1 fully saturated rings. The van der Waals surface area contributed by atoms with E-state index in [-0.39, 0.29) is 18.6 Å². The maximum Gasteiger partial charge on any atom is 0.257 e. The molecule has 0 unspecified atom stereocenters. The minimum Gasteiger partial charge on any atom is -0.484 e. The zero-order chi connectivity index (χ0) is 13.0. The zero-order valence-electron chi connectivity index (χ0n) is 9.93. The van der Waals surface area contributed by atoms with Gasteiger partial charge in [0.15, 0.2) is 6.61 Å². The molecule has 18 heavy (non-hydrogen) atoms. The largest absolute Gasteiger partial charge is 0.484 e. The zero-order valence-corrected chi connectivity index (χ0v) is 10.7. The SMILES string of the molecule is O=C(COc1ccc(Cl)cc1)NCC1CC(O)C1. The molecule has 0 aromatic heterocycles. The monoisotopic (exact) mass is 269 g/mol. The number of hydrogen-bond donors (Lipinski definition) is 2. The van der Waals surface area contributed by atoms with Gasteiger partial charge in [0.25, 0.3) is 5.91 Å². The molecule has 1 aliphatic rings. The quantitative estimate of drug-likeness (QED) is 0.854. The Labute approximate surface area is 111 Å². The van der Waals surface area contributed by atoms with E-state index < -0.39 is 0 Å². The Kier molecular flexibility index (Phi) is 4.44. The van der Waals surface area contributed by atoms with Crippen LogP contribution in [0.5, 0.6) is 5.75 Å². The van der Waals surface area contributed by atoms with E-state index >= 15 is 0 Å². The summed E-state index contributed by atoms with van der Waals surface area (Å²) in [5.74, 6) is 0.874. The Hall–Kier alpha value is -1.26.